The highest BCUT2D eigenvalue weighted by atomic mass is 127. The summed E-state index contributed by atoms with van der Waals surface area (Å²) in [5, 5.41) is 21.3. The maximum absolute atomic E-state index is 9.52. The Hall–Kier alpha value is -0.470. The van der Waals surface area contributed by atoms with Crippen LogP contribution in [0.25, 0.3) is 0 Å². The summed E-state index contributed by atoms with van der Waals surface area (Å²) in [6.07, 6.45) is 3.10. The van der Waals surface area contributed by atoms with Crippen molar-refractivity contribution >= 4 is 28.4 Å². The van der Waals surface area contributed by atoms with Gasteiger partial charge < -0.3 is 15.5 Å². The lowest BCUT2D eigenvalue weighted by Crippen LogP contribution is -2.37. The van der Waals surface area contributed by atoms with Crippen molar-refractivity contribution in [1.82, 2.24) is 9.97 Å². The molecular formula is C8H12IN3O2. The summed E-state index contributed by atoms with van der Waals surface area (Å²) >= 11 is 2.09. The van der Waals surface area contributed by atoms with E-state index in [4.69, 9.17) is 5.11 Å². The Kier molecular flexibility index (Phi) is 4.02. The van der Waals surface area contributed by atoms with E-state index in [2.05, 4.69) is 37.9 Å². The molecule has 78 valence electrons. The highest BCUT2D eigenvalue weighted by molar-refractivity contribution is 14.1. The minimum atomic E-state index is -1.13. The topological polar surface area (TPSA) is 78.3 Å². The molecule has 0 aliphatic heterocycles. The number of anilines is 1. The fraction of sp³-hybridized carbons (Fsp3) is 0.500. The van der Waals surface area contributed by atoms with Crippen LogP contribution in [0.1, 0.15) is 6.92 Å². The highest BCUT2D eigenvalue weighted by Gasteiger charge is 2.18. The molecule has 1 rings (SSSR count). The maximum Gasteiger partial charge on any atom is 0.142 e. The first-order chi connectivity index (χ1) is 6.55. The number of aliphatic hydroxyl groups is 2. The first kappa shape index (κ1) is 11.6. The van der Waals surface area contributed by atoms with Crippen LogP contribution in [-0.2, 0) is 0 Å². The minimum Gasteiger partial charge on any atom is -0.393 e. The van der Waals surface area contributed by atoms with Crippen molar-refractivity contribution < 1.29 is 10.2 Å². The average Bonchev–Trinajstić information content (AvgIpc) is 2.17. The maximum atomic E-state index is 9.52. The second kappa shape index (κ2) is 4.85. The van der Waals surface area contributed by atoms with Crippen molar-refractivity contribution in [3.8, 4) is 0 Å². The first-order valence-electron chi connectivity index (χ1n) is 4.08. The third-order valence-electron chi connectivity index (χ3n) is 1.64. The van der Waals surface area contributed by atoms with Crippen LogP contribution >= 0.6 is 22.6 Å². The fourth-order valence-electron chi connectivity index (χ4n) is 0.773. The lowest BCUT2D eigenvalue weighted by molar-refractivity contribution is 0.0131. The number of nitrogens with zero attached hydrogens (tertiary/aromatic N) is 2. The Labute approximate surface area is 95.7 Å². The van der Waals surface area contributed by atoms with Crippen molar-refractivity contribution in [2.75, 3.05) is 18.5 Å². The summed E-state index contributed by atoms with van der Waals surface area (Å²) in [4.78, 5) is 7.83. The van der Waals surface area contributed by atoms with Gasteiger partial charge in [-0.25, -0.2) is 9.97 Å². The number of hydrogen-bond acceptors (Lipinski definition) is 5. The van der Waals surface area contributed by atoms with Gasteiger partial charge in [0.2, 0.25) is 0 Å². The van der Waals surface area contributed by atoms with Gasteiger partial charge in [0.05, 0.1) is 10.2 Å². The van der Waals surface area contributed by atoms with Crippen LogP contribution in [0.5, 0.6) is 0 Å². The Bertz CT molecular complexity index is 306. The predicted molar refractivity (Wildman–Crippen MR) is 60.9 cm³/mol. The molecule has 1 unspecified atom stereocenters. The molecular weight excluding hydrogens is 297 g/mol. The van der Waals surface area contributed by atoms with Crippen molar-refractivity contribution in [2.45, 2.75) is 12.5 Å². The number of aromatic nitrogens is 2. The van der Waals surface area contributed by atoms with Crippen molar-refractivity contribution in [1.29, 1.82) is 0 Å². The summed E-state index contributed by atoms with van der Waals surface area (Å²) in [5.41, 5.74) is -1.13. The molecule has 0 fully saturated rings. The predicted octanol–water partition coefficient (Wildman–Crippen LogP) is 0.236. The van der Waals surface area contributed by atoms with E-state index in [0.717, 1.165) is 3.57 Å². The van der Waals surface area contributed by atoms with Crippen molar-refractivity contribution in [3.63, 3.8) is 0 Å². The quantitative estimate of drug-likeness (QED) is 0.694. The van der Waals surface area contributed by atoms with Crippen molar-refractivity contribution in [2.24, 2.45) is 0 Å². The molecule has 5 nitrogen and oxygen atoms in total. The van der Waals surface area contributed by atoms with E-state index in [9.17, 15) is 5.11 Å². The molecule has 14 heavy (non-hydrogen) atoms. The molecule has 0 radical (unpaired) electrons. The van der Waals surface area contributed by atoms with Gasteiger partial charge in [-0.2, -0.15) is 0 Å². The van der Waals surface area contributed by atoms with Crippen molar-refractivity contribution in [3.05, 3.63) is 16.1 Å². The summed E-state index contributed by atoms with van der Waals surface area (Å²) in [6, 6.07) is 0. The van der Waals surface area contributed by atoms with E-state index in [0.29, 0.717) is 5.82 Å². The Morgan fingerprint density at radius 3 is 2.93 bits per heavy atom. The van der Waals surface area contributed by atoms with Gasteiger partial charge in [-0.05, 0) is 29.5 Å². The van der Waals surface area contributed by atoms with Crippen LogP contribution in [-0.4, -0.2) is 38.9 Å². The molecule has 0 aliphatic rings. The van der Waals surface area contributed by atoms with Gasteiger partial charge in [-0.15, -0.1) is 0 Å². The third-order valence-corrected chi connectivity index (χ3v) is 2.43. The van der Waals surface area contributed by atoms with Gasteiger partial charge in [0.1, 0.15) is 17.7 Å². The zero-order valence-electron chi connectivity index (χ0n) is 7.74. The number of rotatable bonds is 4. The molecule has 0 saturated heterocycles. The summed E-state index contributed by atoms with van der Waals surface area (Å²) in [5.74, 6) is 0.661. The van der Waals surface area contributed by atoms with E-state index in [-0.39, 0.29) is 13.2 Å². The Morgan fingerprint density at radius 1 is 1.64 bits per heavy atom. The molecule has 0 spiro atoms. The van der Waals surface area contributed by atoms with Crippen LogP contribution in [0, 0.1) is 3.57 Å². The van der Waals surface area contributed by atoms with Crippen LogP contribution in [0.2, 0.25) is 0 Å². The standard InChI is InChI=1S/C8H12IN3O2/c1-8(14,4-13)3-11-7-6(9)2-10-5-12-7/h2,5,13-14H,3-4H2,1H3,(H,10,11,12). The van der Waals surface area contributed by atoms with Gasteiger partial charge in [0.15, 0.2) is 0 Å². The van der Waals surface area contributed by atoms with Crippen LogP contribution < -0.4 is 5.32 Å². The normalized spacial score (nSPS) is 14.9. The molecule has 3 N–H and O–H groups in total. The summed E-state index contributed by atoms with van der Waals surface area (Å²) < 4.78 is 0.874. The second-order valence-electron chi connectivity index (χ2n) is 3.23. The smallest absolute Gasteiger partial charge is 0.142 e. The van der Waals surface area contributed by atoms with E-state index in [1.54, 1.807) is 13.1 Å². The molecule has 1 aromatic rings. The zero-order chi connectivity index (χ0) is 10.6. The van der Waals surface area contributed by atoms with Gasteiger partial charge in [-0.1, -0.05) is 0 Å². The van der Waals surface area contributed by atoms with Gasteiger partial charge in [0.25, 0.3) is 0 Å². The molecule has 1 heterocycles. The summed E-state index contributed by atoms with van der Waals surface area (Å²) in [7, 11) is 0. The molecule has 1 atom stereocenters. The average molecular weight is 309 g/mol. The second-order valence-corrected chi connectivity index (χ2v) is 4.39. The molecule has 0 amide bonds. The highest BCUT2D eigenvalue weighted by Crippen LogP contribution is 2.13. The third kappa shape index (κ3) is 3.35. The van der Waals surface area contributed by atoms with E-state index < -0.39 is 5.60 Å². The number of nitrogens with one attached hydrogen (secondary N) is 1. The lowest BCUT2D eigenvalue weighted by atomic mass is 10.1. The van der Waals surface area contributed by atoms with E-state index in [1.165, 1.54) is 6.33 Å². The first-order valence-corrected chi connectivity index (χ1v) is 5.16. The van der Waals surface area contributed by atoms with Gasteiger partial charge in [0, 0.05) is 12.7 Å². The molecule has 1 aromatic heterocycles. The lowest BCUT2D eigenvalue weighted by Gasteiger charge is -2.21. The Balaban J connectivity index is 2.58. The van der Waals surface area contributed by atoms with Gasteiger partial charge in [-0.3, -0.25) is 0 Å². The summed E-state index contributed by atoms with van der Waals surface area (Å²) in [6.45, 7) is 1.51. The zero-order valence-corrected chi connectivity index (χ0v) is 9.89. The Morgan fingerprint density at radius 2 is 2.36 bits per heavy atom. The molecule has 0 saturated carbocycles. The molecule has 0 aromatic carbocycles. The minimum absolute atomic E-state index is 0.247. The number of aliphatic hydroxyl groups excluding tert-OH is 1. The van der Waals surface area contributed by atoms with Crippen LogP contribution in [0.4, 0.5) is 5.82 Å². The van der Waals surface area contributed by atoms with Crippen LogP contribution in [0.3, 0.4) is 0 Å². The van der Waals surface area contributed by atoms with E-state index >= 15 is 0 Å². The molecule has 6 heteroatoms. The number of halogens is 1. The fourth-order valence-corrected chi connectivity index (χ4v) is 1.26. The van der Waals surface area contributed by atoms with Gasteiger partial charge >= 0.3 is 0 Å². The van der Waals surface area contributed by atoms with Crippen LogP contribution in [0.15, 0.2) is 12.5 Å². The SMILES string of the molecule is CC(O)(CO)CNc1ncncc1I. The molecule has 0 bridgehead atoms. The van der Waals surface area contributed by atoms with E-state index in [1.807, 2.05) is 0 Å². The molecule has 0 aliphatic carbocycles. The largest absolute Gasteiger partial charge is 0.393 e. The number of hydrogen-bond donors (Lipinski definition) is 3. The monoisotopic (exact) mass is 309 g/mol.